The lowest BCUT2D eigenvalue weighted by molar-refractivity contribution is -0.118. The van der Waals surface area contributed by atoms with Crippen LogP contribution in [0.1, 0.15) is 13.3 Å². The summed E-state index contributed by atoms with van der Waals surface area (Å²) in [4.78, 5) is 17.4. The molecule has 3 aromatic rings. The molecule has 1 aromatic heterocycles. The normalized spacial score (nSPS) is 11.6. The lowest BCUT2D eigenvalue weighted by Crippen LogP contribution is -2.20. The van der Waals surface area contributed by atoms with Crippen molar-refractivity contribution >= 4 is 27.5 Å². The molecule has 1 heterocycles. The standard InChI is InChI=1S/C22H26N2O5S/c1-4-28-13-11-24-17-14-18(26-2)19(27-3)15-20(17)30-22(24)23-21(25)10-12-29-16-8-6-5-7-9-16/h5-9,14-15H,4,10-13H2,1-3H3. The number of rotatable bonds is 10. The Balaban J connectivity index is 1.86. The first-order chi connectivity index (χ1) is 14.7. The Morgan fingerprint density at radius 3 is 2.50 bits per heavy atom. The van der Waals surface area contributed by atoms with Crippen LogP contribution in [0.15, 0.2) is 47.5 Å². The quantitative estimate of drug-likeness (QED) is 0.459. The molecular weight excluding hydrogens is 404 g/mol. The number of benzene rings is 2. The van der Waals surface area contributed by atoms with Gasteiger partial charge in [-0.15, -0.1) is 0 Å². The lowest BCUT2D eigenvalue weighted by Gasteiger charge is -2.09. The van der Waals surface area contributed by atoms with Gasteiger partial charge in [0.25, 0.3) is 5.91 Å². The van der Waals surface area contributed by atoms with Gasteiger partial charge in [0, 0.05) is 25.3 Å². The van der Waals surface area contributed by atoms with E-state index in [4.69, 9.17) is 18.9 Å². The highest BCUT2D eigenvalue weighted by Crippen LogP contribution is 2.33. The fraction of sp³-hybridized carbons (Fsp3) is 0.364. The number of hydrogen-bond donors (Lipinski definition) is 0. The van der Waals surface area contributed by atoms with E-state index in [1.165, 1.54) is 11.3 Å². The number of carbonyl (C=O) groups excluding carboxylic acids is 1. The number of fused-ring (bicyclic) bond motifs is 1. The molecule has 0 unspecified atom stereocenters. The van der Waals surface area contributed by atoms with Gasteiger partial charge >= 0.3 is 0 Å². The summed E-state index contributed by atoms with van der Waals surface area (Å²) in [6.45, 7) is 3.96. The molecule has 0 aliphatic carbocycles. The Kier molecular flexibility index (Phi) is 7.87. The maximum atomic E-state index is 12.5. The van der Waals surface area contributed by atoms with Crippen molar-refractivity contribution in [1.29, 1.82) is 0 Å². The number of para-hydroxylation sites is 1. The van der Waals surface area contributed by atoms with E-state index in [1.807, 2.05) is 54.0 Å². The molecule has 30 heavy (non-hydrogen) atoms. The Bertz CT molecular complexity index is 1040. The van der Waals surface area contributed by atoms with Crippen LogP contribution in [0.4, 0.5) is 0 Å². The zero-order valence-corrected chi connectivity index (χ0v) is 18.2. The first-order valence-electron chi connectivity index (χ1n) is 9.74. The number of ether oxygens (including phenoxy) is 4. The molecule has 0 saturated carbocycles. The van der Waals surface area contributed by atoms with Crippen LogP contribution in [0.2, 0.25) is 0 Å². The van der Waals surface area contributed by atoms with Crippen LogP contribution in [-0.4, -0.2) is 44.5 Å². The van der Waals surface area contributed by atoms with E-state index < -0.39 is 0 Å². The van der Waals surface area contributed by atoms with Gasteiger partial charge in [0.15, 0.2) is 16.3 Å². The smallest absolute Gasteiger partial charge is 0.251 e. The number of methoxy groups -OCH3 is 2. The molecule has 160 valence electrons. The highest BCUT2D eigenvalue weighted by Gasteiger charge is 2.13. The van der Waals surface area contributed by atoms with Crippen LogP contribution in [0.25, 0.3) is 10.2 Å². The van der Waals surface area contributed by atoms with Crippen molar-refractivity contribution in [3.05, 3.63) is 47.3 Å². The van der Waals surface area contributed by atoms with Crippen LogP contribution in [0, 0.1) is 0 Å². The van der Waals surface area contributed by atoms with Gasteiger partial charge in [-0.25, -0.2) is 0 Å². The predicted octanol–water partition coefficient (Wildman–Crippen LogP) is 3.65. The van der Waals surface area contributed by atoms with Crippen molar-refractivity contribution in [2.75, 3.05) is 34.0 Å². The summed E-state index contributed by atoms with van der Waals surface area (Å²) >= 11 is 1.43. The summed E-state index contributed by atoms with van der Waals surface area (Å²) in [5, 5.41) is 0. The predicted molar refractivity (Wildman–Crippen MR) is 117 cm³/mol. The van der Waals surface area contributed by atoms with Gasteiger partial charge in [-0.2, -0.15) is 4.99 Å². The van der Waals surface area contributed by atoms with Gasteiger partial charge in [0.1, 0.15) is 5.75 Å². The van der Waals surface area contributed by atoms with Crippen molar-refractivity contribution in [2.24, 2.45) is 4.99 Å². The molecule has 0 fully saturated rings. The average molecular weight is 431 g/mol. The molecule has 2 aromatic carbocycles. The number of aromatic nitrogens is 1. The Morgan fingerprint density at radius 2 is 1.80 bits per heavy atom. The van der Waals surface area contributed by atoms with E-state index in [-0.39, 0.29) is 18.9 Å². The Morgan fingerprint density at radius 1 is 1.07 bits per heavy atom. The van der Waals surface area contributed by atoms with E-state index in [9.17, 15) is 4.79 Å². The molecular formula is C22H26N2O5S. The number of carbonyl (C=O) groups is 1. The zero-order chi connectivity index (χ0) is 21.3. The SMILES string of the molecule is CCOCCn1c(=NC(=O)CCOc2ccccc2)sc2cc(OC)c(OC)cc21. The molecule has 3 rings (SSSR count). The lowest BCUT2D eigenvalue weighted by atomic mass is 10.3. The second kappa shape index (κ2) is 10.8. The van der Waals surface area contributed by atoms with Gasteiger partial charge in [0.2, 0.25) is 0 Å². The third kappa shape index (κ3) is 5.40. The third-order valence-corrected chi connectivity index (χ3v) is 5.44. The van der Waals surface area contributed by atoms with Crippen LogP contribution in [-0.2, 0) is 16.1 Å². The summed E-state index contributed by atoms with van der Waals surface area (Å²) in [6.07, 6.45) is 0.196. The highest BCUT2D eigenvalue weighted by atomic mass is 32.1. The monoisotopic (exact) mass is 430 g/mol. The Hall–Kier alpha value is -2.84. The number of thiazole rings is 1. The molecule has 0 aliphatic rings. The minimum absolute atomic E-state index is 0.196. The molecule has 0 saturated heterocycles. The van der Waals surface area contributed by atoms with Crippen molar-refractivity contribution in [1.82, 2.24) is 4.57 Å². The Labute approximate surface area is 179 Å². The van der Waals surface area contributed by atoms with E-state index in [1.54, 1.807) is 14.2 Å². The zero-order valence-electron chi connectivity index (χ0n) is 17.4. The molecule has 7 nitrogen and oxygen atoms in total. The summed E-state index contributed by atoms with van der Waals surface area (Å²) in [7, 11) is 3.20. The van der Waals surface area contributed by atoms with E-state index >= 15 is 0 Å². The van der Waals surface area contributed by atoms with Gasteiger partial charge in [-0.05, 0) is 19.1 Å². The van der Waals surface area contributed by atoms with Crippen LogP contribution in [0.3, 0.4) is 0 Å². The van der Waals surface area contributed by atoms with Gasteiger partial charge in [-0.1, -0.05) is 29.5 Å². The topological polar surface area (TPSA) is 71.3 Å². The number of amides is 1. The first kappa shape index (κ1) is 21.9. The first-order valence-corrected chi connectivity index (χ1v) is 10.6. The molecule has 0 atom stereocenters. The minimum atomic E-state index is -0.235. The largest absolute Gasteiger partial charge is 0.493 e. The van der Waals surface area contributed by atoms with E-state index in [0.717, 1.165) is 16.0 Å². The highest BCUT2D eigenvalue weighted by molar-refractivity contribution is 7.16. The second-order valence-corrected chi connectivity index (χ2v) is 7.33. The fourth-order valence-electron chi connectivity index (χ4n) is 2.93. The summed E-state index contributed by atoms with van der Waals surface area (Å²) < 4.78 is 24.9. The molecule has 0 bridgehead atoms. The minimum Gasteiger partial charge on any atom is -0.493 e. The van der Waals surface area contributed by atoms with Crippen molar-refractivity contribution in [3.63, 3.8) is 0 Å². The van der Waals surface area contributed by atoms with Crippen LogP contribution >= 0.6 is 11.3 Å². The van der Waals surface area contributed by atoms with E-state index in [0.29, 0.717) is 36.1 Å². The van der Waals surface area contributed by atoms with Crippen molar-refractivity contribution in [3.8, 4) is 17.2 Å². The molecule has 8 heteroatoms. The van der Waals surface area contributed by atoms with Crippen LogP contribution < -0.4 is 19.0 Å². The maximum Gasteiger partial charge on any atom is 0.251 e. The fourth-order valence-corrected chi connectivity index (χ4v) is 4.02. The molecule has 0 aliphatic heterocycles. The summed E-state index contributed by atoms with van der Waals surface area (Å²) in [6, 6.07) is 13.2. The van der Waals surface area contributed by atoms with Gasteiger partial charge in [-0.3, -0.25) is 4.79 Å². The number of hydrogen-bond acceptors (Lipinski definition) is 6. The molecule has 0 N–H and O–H groups in total. The summed E-state index contributed by atoms with van der Waals surface area (Å²) in [5.74, 6) is 1.76. The van der Waals surface area contributed by atoms with Crippen molar-refractivity contribution < 1.29 is 23.7 Å². The summed E-state index contributed by atoms with van der Waals surface area (Å²) in [5.41, 5.74) is 0.921. The second-order valence-electron chi connectivity index (χ2n) is 6.33. The number of nitrogens with zero attached hydrogens (tertiary/aromatic N) is 2. The van der Waals surface area contributed by atoms with Gasteiger partial charge in [0.05, 0.1) is 44.1 Å². The van der Waals surface area contributed by atoms with Gasteiger partial charge < -0.3 is 23.5 Å². The van der Waals surface area contributed by atoms with E-state index in [2.05, 4.69) is 4.99 Å². The van der Waals surface area contributed by atoms with Crippen molar-refractivity contribution in [2.45, 2.75) is 19.9 Å². The van der Waals surface area contributed by atoms with Crippen LogP contribution in [0.5, 0.6) is 17.2 Å². The molecule has 0 radical (unpaired) electrons. The third-order valence-electron chi connectivity index (χ3n) is 4.40. The molecule has 1 amide bonds. The maximum absolute atomic E-state index is 12.5. The molecule has 0 spiro atoms. The average Bonchev–Trinajstić information content (AvgIpc) is 3.09.